The molecular weight excluding hydrogens is 396 g/mol. The van der Waals surface area contributed by atoms with Crippen LogP contribution in [0.1, 0.15) is 82.4 Å². The van der Waals surface area contributed by atoms with Gasteiger partial charge in [-0.15, -0.1) is 0 Å². The zero-order valence-corrected chi connectivity index (χ0v) is 19.3. The van der Waals surface area contributed by atoms with Crippen LogP contribution < -0.4 is 10.3 Å². The van der Waals surface area contributed by atoms with E-state index in [1.54, 1.807) is 6.08 Å². The number of hydrogen-bond donors (Lipinski definition) is 1. The average molecular weight is 433 g/mol. The predicted molar refractivity (Wildman–Crippen MR) is 135 cm³/mol. The van der Waals surface area contributed by atoms with Crippen LogP contribution in [0.5, 0.6) is 5.75 Å². The van der Waals surface area contributed by atoms with Gasteiger partial charge in [-0.3, -0.25) is 4.79 Å². The molecule has 170 valence electrons. The molecule has 0 spiro atoms. The minimum atomic E-state index is -0.184. The summed E-state index contributed by atoms with van der Waals surface area (Å²) in [6.07, 6.45) is 16.9. The molecule has 0 aliphatic heterocycles. The maximum absolute atomic E-state index is 12.2. The number of para-hydroxylation sites is 2. The second-order valence-electron chi connectivity index (χ2n) is 8.40. The predicted octanol–water partition coefficient (Wildman–Crippen LogP) is 7.39. The number of ether oxygens (including phenoxy) is 1. The van der Waals surface area contributed by atoms with Gasteiger partial charge in [-0.25, -0.2) is 4.98 Å². The minimum absolute atomic E-state index is 0.184. The molecule has 1 N–H and O–H groups in total. The number of H-pyrrole nitrogens is 1. The Morgan fingerprint density at radius 1 is 0.812 bits per heavy atom. The Bertz CT molecular complexity index is 1020. The SMILES string of the molecule is CCCCCCCCCCCCOc1ccc(/C=C/c2nc3ccccc3[nH]c2=O)cc1. The molecule has 0 saturated carbocycles. The van der Waals surface area contributed by atoms with Crippen LogP contribution in [-0.4, -0.2) is 16.6 Å². The van der Waals surface area contributed by atoms with Crippen molar-refractivity contribution < 1.29 is 4.74 Å². The third kappa shape index (κ3) is 7.99. The summed E-state index contributed by atoms with van der Waals surface area (Å²) in [5.74, 6) is 0.889. The van der Waals surface area contributed by atoms with E-state index in [2.05, 4.69) is 16.9 Å². The highest BCUT2D eigenvalue weighted by molar-refractivity contribution is 5.76. The number of hydrogen-bond acceptors (Lipinski definition) is 3. The van der Waals surface area contributed by atoms with E-state index in [1.807, 2.05) is 54.6 Å². The molecule has 0 amide bonds. The largest absolute Gasteiger partial charge is 0.494 e. The lowest BCUT2D eigenvalue weighted by Gasteiger charge is -2.06. The van der Waals surface area contributed by atoms with Crippen LogP contribution in [0.15, 0.2) is 53.3 Å². The fourth-order valence-corrected chi connectivity index (χ4v) is 3.79. The van der Waals surface area contributed by atoms with E-state index in [0.717, 1.165) is 35.4 Å². The van der Waals surface area contributed by atoms with Crippen molar-refractivity contribution in [3.05, 3.63) is 70.1 Å². The first-order valence-corrected chi connectivity index (χ1v) is 12.2. The molecule has 32 heavy (non-hydrogen) atoms. The number of nitrogens with one attached hydrogen (secondary N) is 1. The summed E-state index contributed by atoms with van der Waals surface area (Å²) in [4.78, 5) is 19.5. The monoisotopic (exact) mass is 432 g/mol. The first-order valence-electron chi connectivity index (χ1n) is 12.2. The van der Waals surface area contributed by atoms with E-state index < -0.39 is 0 Å². The minimum Gasteiger partial charge on any atom is -0.494 e. The summed E-state index contributed by atoms with van der Waals surface area (Å²) < 4.78 is 5.87. The van der Waals surface area contributed by atoms with E-state index in [4.69, 9.17) is 4.74 Å². The van der Waals surface area contributed by atoms with Gasteiger partial charge in [0.1, 0.15) is 11.4 Å². The molecule has 0 radical (unpaired) electrons. The van der Waals surface area contributed by atoms with Crippen molar-refractivity contribution in [3.63, 3.8) is 0 Å². The normalized spacial score (nSPS) is 11.4. The lowest BCUT2D eigenvalue weighted by molar-refractivity contribution is 0.304. The van der Waals surface area contributed by atoms with Crippen molar-refractivity contribution in [1.82, 2.24) is 9.97 Å². The van der Waals surface area contributed by atoms with E-state index >= 15 is 0 Å². The molecule has 2 aromatic carbocycles. The van der Waals surface area contributed by atoms with Crippen LogP contribution in [0.4, 0.5) is 0 Å². The number of unbranched alkanes of at least 4 members (excludes halogenated alkanes) is 9. The van der Waals surface area contributed by atoms with Crippen molar-refractivity contribution in [1.29, 1.82) is 0 Å². The van der Waals surface area contributed by atoms with Gasteiger partial charge in [-0.2, -0.15) is 0 Å². The Morgan fingerprint density at radius 2 is 1.47 bits per heavy atom. The van der Waals surface area contributed by atoms with Crippen molar-refractivity contribution >= 4 is 23.2 Å². The van der Waals surface area contributed by atoms with Crippen LogP contribution >= 0.6 is 0 Å². The van der Waals surface area contributed by atoms with E-state index in [0.29, 0.717) is 5.69 Å². The van der Waals surface area contributed by atoms with Crippen molar-refractivity contribution in [2.45, 2.75) is 71.1 Å². The van der Waals surface area contributed by atoms with Crippen molar-refractivity contribution in [2.75, 3.05) is 6.61 Å². The van der Waals surface area contributed by atoms with E-state index in [-0.39, 0.29) is 5.56 Å². The summed E-state index contributed by atoms with van der Waals surface area (Å²) in [6, 6.07) is 15.5. The van der Waals surface area contributed by atoms with Crippen LogP contribution in [0.25, 0.3) is 23.2 Å². The molecule has 0 fully saturated rings. The van der Waals surface area contributed by atoms with Gasteiger partial charge >= 0.3 is 0 Å². The summed E-state index contributed by atoms with van der Waals surface area (Å²) in [5, 5.41) is 0. The van der Waals surface area contributed by atoms with E-state index in [9.17, 15) is 4.79 Å². The topological polar surface area (TPSA) is 55.0 Å². The summed E-state index contributed by atoms with van der Waals surface area (Å²) in [6.45, 7) is 3.03. The molecular formula is C28H36N2O2. The van der Waals surface area contributed by atoms with Gasteiger partial charge in [0, 0.05) is 0 Å². The highest BCUT2D eigenvalue weighted by Gasteiger charge is 2.01. The smallest absolute Gasteiger partial charge is 0.274 e. The van der Waals surface area contributed by atoms with Crippen LogP contribution in [0.3, 0.4) is 0 Å². The molecule has 0 aliphatic carbocycles. The first kappa shape index (κ1) is 23.8. The molecule has 0 saturated heterocycles. The fourth-order valence-electron chi connectivity index (χ4n) is 3.79. The Balaban J connectivity index is 1.36. The zero-order chi connectivity index (χ0) is 22.4. The van der Waals surface area contributed by atoms with Crippen LogP contribution in [0.2, 0.25) is 0 Å². The number of nitrogens with zero attached hydrogens (tertiary/aromatic N) is 1. The highest BCUT2D eigenvalue weighted by atomic mass is 16.5. The lowest BCUT2D eigenvalue weighted by Crippen LogP contribution is -2.11. The van der Waals surface area contributed by atoms with Gasteiger partial charge in [0.15, 0.2) is 0 Å². The Hall–Kier alpha value is -2.88. The van der Waals surface area contributed by atoms with Gasteiger partial charge in [-0.1, -0.05) is 95.1 Å². The zero-order valence-electron chi connectivity index (χ0n) is 19.3. The number of rotatable bonds is 14. The standard InChI is InChI=1S/C28H36N2O2/c1-2-3-4-5-6-7-8-9-10-13-22-32-24-19-16-23(17-20-24)18-21-27-28(31)30-26-15-12-11-14-25(26)29-27/h11-12,14-21H,2-10,13,22H2,1H3,(H,30,31)/b21-18+. The highest BCUT2D eigenvalue weighted by Crippen LogP contribution is 2.16. The van der Waals surface area contributed by atoms with Gasteiger partial charge in [0.05, 0.1) is 17.6 Å². The number of aromatic amines is 1. The molecule has 1 aromatic heterocycles. The molecule has 1 heterocycles. The number of benzene rings is 2. The molecule has 4 heteroatoms. The van der Waals surface area contributed by atoms with Crippen molar-refractivity contribution in [3.8, 4) is 5.75 Å². The maximum atomic E-state index is 12.2. The second-order valence-corrected chi connectivity index (χ2v) is 8.40. The van der Waals surface area contributed by atoms with Crippen molar-refractivity contribution in [2.24, 2.45) is 0 Å². The first-order chi connectivity index (χ1) is 15.8. The third-order valence-corrected chi connectivity index (χ3v) is 5.71. The quantitative estimate of drug-likeness (QED) is 0.270. The molecule has 4 nitrogen and oxygen atoms in total. The molecule has 0 atom stereocenters. The molecule has 0 unspecified atom stereocenters. The Labute approximate surface area is 191 Å². The lowest BCUT2D eigenvalue weighted by atomic mass is 10.1. The Morgan fingerprint density at radius 3 is 2.19 bits per heavy atom. The third-order valence-electron chi connectivity index (χ3n) is 5.71. The molecule has 3 rings (SSSR count). The van der Waals surface area contributed by atoms with Gasteiger partial charge in [0.2, 0.25) is 0 Å². The summed E-state index contributed by atoms with van der Waals surface area (Å²) in [5.41, 5.74) is 2.76. The van der Waals surface area contributed by atoms with Crippen LogP contribution in [0, 0.1) is 0 Å². The number of fused-ring (bicyclic) bond motifs is 1. The Kier molecular flexibility index (Phi) is 10.0. The van der Waals surface area contributed by atoms with Gasteiger partial charge in [0.25, 0.3) is 5.56 Å². The summed E-state index contributed by atoms with van der Waals surface area (Å²) in [7, 11) is 0. The maximum Gasteiger partial charge on any atom is 0.274 e. The molecule has 0 bridgehead atoms. The van der Waals surface area contributed by atoms with Gasteiger partial charge < -0.3 is 9.72 Å². The average Bonchev–Trinajstić information content (AvgIpc) is 2.82. The van der Waals surface area contributed by atoms with E-state index in [1.165, 1.54) is 57.8 Å². The second kappa shape index (κ2) is 13.5. The summed E-state index contributed by atoms with van der Waals surface area (Å²) >= 11 is 0. The molecule has 3 aromatic rings. The number of aromatic nitrogens is 2. The van der Waals surface area contributed by atoms with Crippen LogP contribution in [-0.2, 0) is 0 Å². The fraction of sp³-hybridized carbons (Fsp3) is 0.429. The molecule has 0 aliphatic rings. The van der Waals surface area contributed by atoms with Gasteiger partial charge in [-0.05, 0) is 42.3 Å².